The minimum Gasteiger partial charge on any atom is -0.361 e. The van der Waals surface area contributed by atoms with Crippen molar-refractivity contribution < 1.29 is 4.21 Å². The number of hydrogen-bond acceptors (Lipinski definition) is 2. The van der Waals surface area contributed by atoms with Gasteiger partial charge in [0.2, 0.25) is 0 Å². The van der Waals surface area contributed by atoms with E-state index in [4.69, 9.17) is 0 Å². The number of likely N-dealkylation sites (tertiary alicyclic amines) is 1. The summed E-state index contributed by atoms with van der Waals surface area (Å²) >= 11 is 0. The molecule has 4 heteroatoms. The summed E-state index contributed by atoms with van der Waals surface area (Å²) in [5.41, 5.74) is 4.26. The number of H-pyrrole nitrogens is 1. The molecular formula is C18H24N2OS. The lowest BCUT2D eigenvalue weighted by atomic mass is 9.72. The van der Waals surface area contributed by atoms with Crippen molar-refractivity contribution in [2.75, 3.05) is 25.1 Å². The number of benzene rings is 1. The summed E-state index contributed by atoms with van der Waals surface area (Å²) < 4.78 is 11.7. The van der Waals surface area contributed by atoms with Crippen molar-refractivity contribution in [3.05, 3.63) is 35.5 Å². The van der Waals surface area contributed by atoms with Crippen LogP contribution in [0.4, 0.5) is 0 Å². The maximum atomic E-state index is 11.7. The van der Waals surface area contributed by atoms with Crippen molar-refractivity contribution in [1.82, 2.24) is 9.88 Å². The summed E-state index contributed by atoms with van der Waals surface area (Å²) in [6.07, 6.45) is 6.38. The van der Waals surface area contributed by atoms with Crippen molar-refractivity contribution in [3.8, 4) is 0 Å². The van der Waals surface area contributed by atoms with Gasteiger partial charge in [0, 0.05) is 58.4 Å². The Kier molecular flexibility index (Phi) is 3.61. The first-order valence-electron chi connectivity index (χ1n) is 8.30. The number of nitrogens with one attached hydrogen (secondary N) is 1. The van der Waals surface area contributed by atoms with Crippen LogP contribution in [0.25, 0.3) is 10.9 Å². The Labute approximate surface area is 134 Å². The Morgan fingerprint density at radius 1 is 1.41 bits per heavy atom. The fourth-order valence-corrected chi connectivity index (χ4v) is 5.62. The van der Waals surface area contributed by atoms with Crippen molar-refractivity contribution in [1.29, 1.82) is 0 Å². The van der Waals surface area contributed by atoms with Crippen LogP contribution in [0.5, 0.6) is 0 Å². The van der Waals surface area contributed by atoms with Crippen LogP contribution in [0.1, 0.15) is 30.4 Å². The summed E-state index contributed by atoms with van der Waals surface area (Å²) in [6.45, 7) is 4.45. The maximum Gasteiger partial charge on any atom is 0.0459 e. The highest BCUT2D eigenvalue weighted by Gasteiger charge is 2.40. The van der Waals surface area contributed by atoms with E-state index in [1.165, 1.54) is 28.5 Å². The number of piperidine rings is 1. The van der Waals surface area contributed by atoms with Crippen LogP contribution in [0.15, 0.2) is 24.4 Å². The van der Waals surface area contributed by atoms with Crippen LogP contribution in [0.2, 0.25) is 0 Å². The molecule has 0 saturated carbocycles. The fraction of sp³-hybridized carbons (Fsp3) is 0.556. The maximum absolute atomic E-state index is 11.7. The van der Waals surface area contributed by atoms with E-state index in [0.717, 1.165) is 25.3 Å². The van der Waals surface area contributed by atoms with E-state index in [9.17, 15) is 4.21 Å². The molecule has 0 amide bonds. The standard InChI is InChI=1S/C18H24N2OS/c1-3-20-10-12(11-22(2)21)7-15-14-5-4-6-16-18(14)13(9-19-16)8-17(15)20/h4-6,9,12,15,17,19H,3,7-8,10-11H2,1-2H3/t12-,15-,17-,22?/m1/s1. The SMILES string of the molecule is CCN1C[C@H](CS(C)=O)C[C@@H]2c3cccc4[nH]cc(c34)C[C@H]21. The number of likely N-dealkylation sites (N-methyl/N-ethyl adjacent to an activating group) is 1. The second-order valence-electron chi connectivity index (χ2n) is 6.89. The van der Waals surface area contributed by atoms with Gasteiger partial charge in [-0.15, -0.1) is 0 Å². The molecule has 1 aliphatic carbocycles. The van der Waals surface area contributed by atoms with E-state index < -0.39 is 10.8 Å². The van der Waals surface area contributed by atoms with Crippen LogP contribution >= 0.6 is 0 Å². The number of aromatic amines is 1. The van der Waals surface area contributed by atoms with E-state index in [2.05, 4.69) is 41.2 Å². The topological polar surface area (TPSA) is 36.1 Å². The van der Waals surface area contributed by atoms with Crippen molar-refractivity contribution in [3.63, 3.8) is 0 Å². The quantitative estimate of drug-likeness (QED) is 0.945. The van der Waals surface area contributed by atoms with Crippen LogP contribution in [0.3, 0.4) is 0 Å². The first-order valence-corrected chi connectivity index (χ1v) is 10.0. The molecule has 3 nitrogen and oxygen atoms in total. The molecule has 0 spiro atoms. The lowest BCUT2D eigenvalue weighted by Gasteiger charge is -2.46. The average Bonchev–Trinajstić information content (AvgIpc) is 2.91. The summed E-state index contributed by atoms with van der Waals surface area (Å²) in [4.78, 5) is 6.06. The minimum atomic E-state index is -0.699. The van der Waals surface area contributed by atoms with Gasteiger partial charge in [-0.1, -0.05) is 19.1 Å². The number of nitrogens with zero attached hydrogens (tertiary/aromatic N) is 1. The van der Waals surface area contributed by atoms with Gasteiger partial charge >= 0.3 is 0 Å². The second-order valence-corrected chi connectivity index (χ2v) is 8.37. The van der Waals surface area contributed by atoms with Gasteiger partial charge < -0.3 is 4.98 Å². The van der Waals surface area contributed by atoms with E-state index >= 15 is 0 Å². The monoisotopic (exact) mass is 316 g/mol. The second kappa shape index (κ2) is 5.50. The van der Waals surface area contributed by atoms with Gasteiger partial charge in [0.1, 0.15) is 0 Å². The van der Waals surface area contributed by atoms with E-state index in [1.807, 2.05) is 6.26 Å². The average molecular weight is 316 g/mol. The van der Waals surface area contributed by atoms with Crippen molar-refractivity contribution in [2.45, 2.75) is 31.7 Å². The number of rotatable bonds is 3. The molecule has 2 heterocycles. The molecule has 1 N–H and O–H groups in total. The van der Waals surface area contributed by atoms with Crippen molar-refractivity contribution >= 4 is 21.7 Å². The number of aromatic nitrogens is 1. The van der Waals surface area contributed by atoms with E-state index in [0.29, 0.717) is 17.9 Å². The Hall–Kier alpha value is -1.13. The zero-order valence-corrected chi connectivity index (χ0v) is 14.2. The molecule has 1 aliphatic heterocycles. The molecule has 1 unspecified atom stereocenters. The van der Waals surface area contributed by atoms with Gasteiger partial charge in [-0.25, -0.2) is 0 Å². The molecule has 1 fully saturated rings. The van der Waals surface area contributed by atoms with Crippen molar-refractivity contribution in [2.24, 2.45) is 5.92 Å². The molecule has 118 valence electrons. The zero-order chi connectivity index (χ0) is 15.3. The van der Waals surface area contributed by atoms with Gasteiger partial charge in [-0.3, -0.25) is 9.11 Å². The van der Waals surface area contributed by atoms with Crippen LogP contribution in [0, 0.1) is 5.92 Å². The predicted molar refractivity (Wildman–Crippen MR) is 92.8 cm³/mol. The third-order valence-corrected chi connectivity index (χ3v) is 6.48. The molecule has 2 aliphatic rings. The Balaban J connectivity index is 1.76. The Morgan fingerprint density at radius 3 is 3.05 bits per heavy atom. The van der Waals surface area contributed by atoms with E-state index in [-0.39, 0.29) is 0 Å². The fourth-order valence-electron chi connectivity index (χ4n) is 4.72. The minimum absolute atomic E-state index is 0.558. The molecule has 1 saturated heterocycles. The largest absolute Gasteiger partial charge is 0.361 e. The van der Waals surface area contributed by atoms with Gasteiger partial charge in [-0.2, -0.15) is 0 Å². The Morgan fingerprint density at radius 2 is 2.27 bits per heavy atom. The smallest absolute Gasteiger partial charge is 0.0459 e. The summed E-state index contributed by atoms with van der Waals surface area (Å²) in [7, 11) is -0.699. The molecule has 0 bridgehead atoms. The van der Waals surface area contributed by atoms with Crippen LogP contribution < -0.4 is 0 Å². The molecule has 4 rings (SSSR count). The lowest BCUT2D eigenvalue weighted by molar-refractivity contribution is 0.0981. The summed E-state index contributed by atoms with van der Waals surface area (Å²) in [5, 5.41) is 1.46. The molecule has 2 aromatic rings. The highest BCUT2D eigenvalue weighted by molar-refractivity contribution is 7.84. The van der Waals surface area contributed by atoms with Gasteiger partial charge in [0.15, 0.2) is 0 Å². The molecule has 0 radical (unpaired) electrons. The third-order valence-electron chi connectivity index (χ3n) is 5.54. The zero-order valence-electron chi connectivity index (χ0n) is 13.3. The van der Waals surface area contributed by atoms with Crippen LogP contribution in [-0.2, 0) is 17.2 Å². The van der Waals surface area contributed by atoms with Gasteiger partial charge in [-0.05, 0) is 42.5 Å². The van der Waals surface area contributed by atoms with Gasteiger partial charge in [0.05, 0.1) is 0 Å². The molecule has 22 heavy (non-hydrogen) atoms. The highest BCUT2D eigenvalue weighted by atomic mass is 32.2. The molecule has 1 aromatic carbocycles. The summed E-state index contributed by atoms with van der Waals surface area (Å²) in [5.74, 6) is 1.99. The number of hydrogen-bond donors (Lipinski definition) is 1. The third kappa shape index (κ3) is 2.24. The molecule has 1 aromatic heterocycles. The number of fused-ring (bicyclic) bond motifs is 2. The summed E-state index contributed by atoms with van der Waals surface area (Å²) in [6, 6.07) is 7.29. The van der Waals surface area contributed by atoms with Crippen LogP contribution in [-0.4, -0.2) is 45.2 Å². The first kappa shape index (κ1) is 14.5. The van der Waals surface area contributed by atoms with E-state index in [1.54, 1.807) is 0 Å². The first-order chi connectivity index (χ1) is 10.7. The molecule has 4 atom stereocenters. The van der Waals surface area contributed by atoms with Gasteiger partial charge in [0.25, 0.3) is 0 Å². The molecular weight excluding hydrogens is 292 g/mol. The normalized spacial score (nSPS) is 29.5. The predicted octanol–water partition coefficient (Wildman–Crippen LogP) is 2.90. The lowest BCUT2D eigenvalue weighted by Crippen LogP contribution is -2.50. The highest BCUT2D eigenvalue weighted by Crippen LogP contribution is 2.44. The Bertz CT molecular complexity index is 723.